The third-order valence-electron chi connectivity index (χ3n) is 3.77. The molecule has 0 saturated carbocycles. The number of hydrogen-bond acceptors (Lipinski definition) is 2. The third kappa shape index (κ3) is 2.25. The molecule has 0 aliphatic carbocycles. The van der Waals surface area contributed by atoms with Crippen molar-refractivity contribution in [3.05, 3.63) is 28.7 Å². The van der Waals surface area contributed by atoms with Gasteiger partial charge in [-0.2, -0.15) is 0 Å². The van der Waals surface area contributed by atoms with Crippen LogP contribution < -0.4 is 10.6 Å². The third-order valence-corrected chi connectivity index (χ3v) is 4.26. The molecule has 2 rings (SSSR count). The number of nitrogens with two attached hydrogens (primary N) is 1. The van der Waals surface area contributed by atoms with Crippen molar-refractivity contribution < 1.29 is 0 Å². The van der Waals surface area contributed by atoms with Crippen LogP contribution in [0.3, 0.4) is 0 Å². The summed E-state index contributed by atoms with van der Waals surface area (Å²) in [5.41, 5.74) is 7.40. The van der Waals surface area contributed by atoms with Crippen LogP contribution >= 0.6 is 15.9 Å². The first kappa shape index (κ1) is 11.9. The van der Waals surface area contributed by atoms with Crippen LogP contribution in [0.1, 0.15) is 20.3 Å². The standard InChI is InChI=1S/C13H19BrN2/c1-9-10(2)16(7-6-13(9)15)12-5-3-4-11(14)8-12/h3-5,8-10,13H,6-7,15H2,1-2H3. The number of rotatable bonds is 1. The van der Waals surface area contributed by atoms with Crippen LogP contribution in [0.2, 0.25) is 0 Å². The van der Waals surface area contributed by atoms with Gasteiger partial charge in [0.05, 0.1) is 0 Å². The van der Waals surface area contributed by atoms with Gasteiger partial charge >= 0.3 is 0 Å². The minimum absolute atomic E-state index is 0.346. The zero-order valence-electron chi connectivity index (χ0n) is 9.86. The molecule has 1 aliphatic heterocycles. The summed E-state index contributed by atoms with van der Waals surface area (Å²) in [5.74, 6) is 0.549. The molecule has 3 unspecified atom stereocenters. The molecule has 3 heteroatoms. The van der Waals surface area contributed by atoms with E-state index in [0.717, 1.165) is 17.4 Å². The first-order valence-electron chi connectivity index (χ1n) is 5.87. The molecule has 2 nitrogen and oxygen atoms in total. The summed E-state index contributed by atoms with van der Waals surface area (Å²) >= 11 is 3.52. The fourth-order valence-corrected chi connectivity index (χ4v) is 2.80. The minimum atomic E-state index is 0.346. The van der Waals surface area contributed by atoms with E-state index >= 15 is 0 Å². The summed E-state index contributed by atoms with van der Waals surface area (Å²) < 4.78 is 1.14. The molecule has 0 aromatic heterocycles. The normalized spacial score (nSPS) is 30.5. The molecular formula is C13H19BrN2. The van der Waals surface area contributed by atoms with Gasteiger partial charge in [-0.05, 0) is 37.5 Å². The largest absolute Gasteiger partial charge is 0.368 e. The van der Waals surface area contributed by atoms with E-state index in [-0.39, 0.29) is 0 Å². The SMILES string of the molecule is CC1C(N)CCN(c2cccc(Br)c2)C1C. The van der Waals surface area contributed by atoms with Gasteiger partial charge < -0.3 is 10.6 Å². The number of hydrogen-bond donors (Lipinski definition) is 1. The Morgan fingerprint density at radius 1 is 1.38 bits per heavy atom. The summed E-state index contributed by atoms with van der Waals surface area (Å²) in [4.78, 5) is 2.46. The fraction of sp³-hybridized carbons (Fsp3) is 0.538. The second kappa shape index (κ2) is 4.76. The van der Waals surface area contributed by atoms with Gasteiger partial charge in [0.2, 0.25) is 0 Å². The van der Waals surface area contributed by atoms with E-state index in [4.69, 9.17) is 5.73 Å². The molecule has 1 saturated heterocycles. The van der Waals surface area contributed by atoms with Crippen LogP contribution in [0, 0.1) is 5.92 Å². The fourth-order valence-electron chi connectivity index (χ4n) is 2.42. The Labute approximate surface area is 106 Å². The smallest absolute Gasteiger partial charge is 0.0380 e. The molecule has 16 heavy (non-hydrogen) atoms. The number of benzene rings is 1. The van der Waals surface area contributed by atoms with Crippen LogP contribution in [0.15, 0.2) is 28.7 Å². The van der Waals surface area contributed by atoms with E-state index in [0.29, 0.717) is 18.0 Å². The predicted molar refractivity (Wildman–Crippen MR) is 72.7 cm³/mol. The van der Waals surface area contributed by atoms with Gasteiger partial charge in [-0.3, -0.25) is 0 Å². The topological polar surface area (TPSA) is 29.3 Å². The zero-order valence-corrected chi connectivity index (χ0v) is 11.4. The lowest BCUT2D eigenvalue weighted by molar-refractivity contribution is 0.315. The highest BCUT2D eigenvalue weighted by atomic mass is 79.9. The van der Waals surface area contributed by atoms with Crippen molar-refractivity contribution >= 4 is 21.6 Å². The molecule has 0 bridgehead atoms. The van der Waals surface area contributed by atoms with E-state index < -0.39 is 0 Å². The number of piperidine rings is 1. The summed E-state index contributed by atoms with van der Waals surface area (Å²) in [6, 6.07) is 9.36. The van der Waals surface area contributed by atoms with E-state index in [1.807, 2.05) is 0 Å². The highest BCUT2D eigenvalue weighted by Gasteiger charge is 2.30. The van der Waals surface area contributed by atoms with Crippen molar-refractivity contribution in [1.29, 1.82) is 0 Å². The molecule has 1 heterocycles. The van der Waals surface area contributed by atoms with Gasteiger partial charge in [-0.1, -0.05) is 28.9 Å². The highest BCUT2D eigenvalue weighted by molar-refractivity contribution is 9.10. The summed E-state index contributed by atoms with van der Waals surface area (Å²) in [5, 5.41) is 0. The lowest BCUT2D eigenvalue weighted by atomic mass is 9.87. The maximum absolute atomic E-state index is 6.10. The van der Waals surface area contributed by atoms with Crippen molar-refractivity contribution in [1.82, 2.24) is 0 Å². The first-order valence-corrected chi connectivity index (χ1v) is 6.66. The second-order valence-corrected chi connectivity index (χ2v) is 5.64. The zero-order chi connectivity index (χ0) is 11.7. The van der Waals surface area contributed by atoms with Crippen molar-refractivity contribution in [2.75, 3.05) is 11.4 Å². The summed E-state index contributed by atoms with van der Waals surface area (Å²) in [7, 11) is 0. The maximum Gasteiger partial charge on any atom is 0.0380 e. The Morgan fingerprint density at radius 2 is 2.12 bits per heavy atom. The molecule has 0 amide bonds. The van der Waals surface area contributed by atoms with Gasteiger partial charge in [-0.25, -0.2) is 0 Å². The van der Waals surface area contributed by atoms with Crippen LogP contribution in [0.25, 0.3) is 0 Å². The molecule has 0 spiro atoms. The molecule has 1 fully saturated rings. The Hall–Kier alpha value is -0.540. The van der Waals surface area contributed by atoms with Gasteiger partial charge in [0, 0.05) is 28.8 Å². The van der Waals surface area contributed by atoms with Crippen molar-refractivity contribution in [2.45, 2.75) is 32.4 Å². The van der Waals surface area contributed by atoms with Crippen LogP contribution in [-0.4, -0.2) is 18.6 Å². The van der Waals surface area contributed by atoms with Crippen molar-refractivity contribution in [2.24, 2.45) is 11.7 Å². The average Bonchev–Trinajstić information content (AvgIpc) is 2.26. The second-order valence-electron chi connectivity index (χ2n) is 4.73. The summed E-state index contributed by atoms with van der Waals surface area (Å²) in [6.45, 7) is 5.58. The molecule has 88 valence electrons. The molecule has 1 aromatic carbocycles. The van der Waals surface area contributed by atoms with E-state index in [2.05, 4.69) is 58.9 Å². The molecule has 3 atom stereocenters. The molecule has 2 N–H and O–H groups in total. The monoisotopic (exact) mass is 282 g/mol. The molecule has 1 aromatic rings. The number of nitrogens with zero attached hydrogens (tertiary/aromatic N) is 1. The Kier molecular flexibility index (Phi) is 3.55. The molecule has 1 aliphatic rings. The van der Waals surface area contributed by atoms with E-state index in [1.165, 1.54) is 5.69 Å². The minimum Gasteiger partial charge on any atom is -0.368 e. The van der Waals surface area contributed by atoms with Gasteiger partial charge in [0.1, 0.15) is 0 Å². The van der Waals surface area contributed by atoms with Gasteiger partial charge in [-0.15, -0.1) is 0 Å². The quantitative estimate of drug-likeness (QED) is 0.858. The molecule has 0 radical (unpaired) electrons. The maximum atomic E-state index is 6.10. The number of halogens is 1. The number of anilines is 1. The lowest BCUT2D eigenvalue weighted by Crippen LogP contribution is -2.51. The van der Waals surface area contributed by atoms with Crippen LogP contribution in [-0.2, 0) is 0 Å². The van der Waals surface area contributed by atoms with E-state index in [1.54, 1.807) is 0 Å². The van der Waals surface area contributed by atoms with Gasteiger partial charge in [0.25, 0.3) is 0 Å². The molecular weight excluding hydrogens is 264 g/mol. The van der Waals surface area contributed by atoms with Crippen LogP contribution in [0.4, 0.5) is 5.69 Å². The Bertz CT molecular complexity index is 367. The average molecular weight is 283 g/mol. The van der Waals surface area contributed by atoms with Crippen molar-refractivity contribution in [3.63, 3.8) is 0 Å². The highest BCUT2D eigenvalue weighted by Crippen LogP contribution is 2.29. The first-order chi connectivity index (χ1) is 7.59. The van der Waals surface area contributed by atoms with Crippen LogP contribution in [0.5, 0.6) is 0 Å². The Morgan fingerprint density at radius 3 is 2.81 bits per heavy atom. The van der Waals surface area contributed by atoms with Crippen molar-refractivity contribution in [3.8, 4) is 0 Å². The lowest BCUT2D eigenvalue weighted by Gasteiger charge is -2.42. The summed E-state index contributed by atoms with van der Waals surface area (Å²) in [6.07, 6.45) is 1.08. The van der Waals surface area contributed by atoms with E-state index in [9.17, 15) is 0 Å². The Balaban J connectivity index is 2.21. The predicted octanol–water partition coefficient (Wildman–Crippen LogP) is 3.01. The van der Waals surface area contributed by atoms with Gasteiger partial charge in [0.15, 0.2) is 0 Å².